The van der Waals surface area contributed by atoms with Crippen molar-refractivity contribution in [1.29, 1.82) is 0 Å². The normalized spacial score (nSPS) is 11.4. The second-order valence-corrected chi connectivity index (χ2v) is 6.45. The van der Waals surface area contributed by atoms with Gasteiger partial charge in [0, 0.05) is 25.4 Å². The van der Waals surface area contributed by atoms with E-state index < -0.39 is 0 Å². The average Bonchev–Trinajstić information content (AvgIpc) is 2.91. The SMILES string of the molecule is CC(C)(C)CC(=O)NCCc1ccc(-n2cccn2)cc1. The lowest BCUT2D eigenvalue weighted by atomic mass is 9.92. The van der Waals surface area contributed by atoms with Crippen LogP contribution in [0.2, 0.25) is 0 Å². The Morgan fingerprint density at radius 1 is 1.24 bits per heavy atom. The molecule has 0 bridgehead atoms. The standard InChI is InChI=1S/C17H23N3O/c1-17(2,3)13-16(21)18-11-9-14-5-7-15(8-6-14)20-12-4-10-19-20/h4-8,10,12H,9,11,13H2,1-3H3,(H,18,21). The highest BCUT2D eigenvalue weighted by molar-refractivity contribution is 5.76. The van der Waals surface area contributed by atoms with Crippen LogP contribution in [-0.2, 0) is 11.2 Å². The van der Waals surface area contributed by atoms with Gasteiger partial charge in [-0.05, 0) is 35.6 Å². The Morgan fingerprint density at radius 3 is 2.52 bits per heavy atom. The largest absolute Gasteiger partial charge is 0.356 e. The maximum Gasteiger partial charge on any atom is 0.220 e. The summed E-state index contributed by atoms with van der Waals surface area (Å²) >= 11 is 0. The van der Waals surface area contributed by atoms with Gasteiger partial charge in [-0.3, -0.25) is 4.79 Å². The number of aromatic nitrogens is 2. The van der Waals surface area contributed by atoms with Crippen molar-refractivity contribution in [2.45, 2.75) is 33.6 Å². The number of carbonyl (C=O) groups excluding carboxylic acids is 1. The van der Waals surface area contributed by atoms with Gasteiger partial charge < -0.3 is 5.32 Å². The molecule has 0 radical (unpaired) electrons. The fraction of sp³-hybridized carbons (Fsp3) is 0.412. The van der Waals surface area contributed by atoms with Gasteiger partial charge in [0.15, 0.2) is 0 Å². The van der Waals surface area contributed by atoms with Crippen molar-refractivity contribution in [3.63, 3.8) is 0 Å². The highest BCUT2D eigenvalue weighted by Gasteiger charge is 2.15. The van der Waals surface area contributed by atoms with E-state index in [4.69, 9.17) is 0 Å². The predicted octanol–water partition coefficient (Wildman–Crippen LogP) is 2.97. The van der Waals surface area contributed by atoms with E-state index in [0.717, 1.165) is 12.1 Å². The first-order chi connectivity index (χ1) is 9.94. The van der Waals surface area contributed by atoms with E-state index in [9.17, 15) is 4.79 Å². The van der Waals surface area contributed by atoms with Crippen LogP contribution in [0.15, 0.2) is 42.7 Å². The number of nitrogens with one attached hydrogen (secondary N) is 1. The van der Waals surface area contributed by atoms with Gasteiger partial charge in [0.2, 0.25) is 5.91 Å². The molecule has 0 fully saturated rings. The molecule has 4 nitrogen and oxygen atoms in total. The third kappa shape index (κ3) is 5.06. The third-order valence-corrected chi connectivity index (χ3v) is 3.13. The number of amides is 1. The number of hydrogen-bond acceptors (Lipinski definition) is 2. The topological polar surface area (TPSA) is 46.9 Å². The molecule has 0 aliphatic carbocycles. The smallest absolute Gasteiger partial charge is 0.220 e. The first kappa shape index (κ1) is 15.3. The number of rotatable bonds is 5. The molecule has 0 saturated heterocycles. The van der Waals surface area contributed by atoms with Crippen LogP contribution in [-0.4, -0.2) is 22.2 Å². The summed E-state index contributed by atoms with van der Waals surface area (Å²) in [6.07, 6.45) is 5.08. The van der Waals surface area contributed by atoms with Crippen LogP contribution in [0.25, 0.3) is 5.69 Å². The Kier molecular flexibility index (Phi) is 4.78. The first-order valence-corrected chi connectivity index (χ1v) is 7.30. The first-order valence-electron chi connectivity index (χ1n) is 7.30. The van der Waals surface area contributed by atoms with Gasteiger partial charge in [-0.1, -0.05) is 32.9 Å². The van der Waals surface area contributed by atoms with Crippen molar-refractivity contribution in [1.82, 2.24) is 15.1 Å². The molecule has 4 heteroatoms. The van der Waals surface area contributed by atoms with E-state index in [2.05, 4.69) is 43.3 Å². The predicted molar refractivity (Wildman–Crippen MR) is 84.3 cm³/mol. The van der Waals surface area contributed by atoms with Gasteiger partial charge in [0.05, 0.1) is 5.69 Å². The van der Waals surface area contributed by atoms with Crippen molar-refractivity contribution >= 4 is 5.91 Å². The maximum atomic E-state index is 11.7. The molecule has 1 heterocycles. The molecular formula is C17H23N3O. The lowest BCUT2D eigenvalue weighted by Gasteiger charge is -2.17. The van der Waals surface area contributed by atoms with Crippen LogP contribution >= 0.6 is 0 Å². The van der Waals surface area contributed by atoms with E-state index in [-0.39, 0.29) is 11.3 Å². The Balaban J connectivity index is 1.80. The Labute approximate surface area is 126 Å². The zero-order valence-corrected chi connectivity index (χ0v) is 13.0. The van der Waals surface area contributed by atoms with Crippen LogP contribution in [0.1, 0.15) is 32.8 Å². The quantitative estimate of drug-likeness (QED) is 0.918. The lowest BCUT2D eigenvalue weighted by molar-refractivity contribution is -0.122. The Morgan fingerprint density at radius 2 is 1.95 bits per heavy atom. The number of hydrogen-bond donors (Lipinski definition) is 1. The van der Waals surface area contributed by atoms with E-state index in [1.165, 1.54) is 5.56 Å². The molecule has 0 aliphatic heterocycles. The zero-order valence-electron chi connectivity index (χ0n) is 13.0. The minimum Gasteiger partial charge on any atom is -0.356 e. The molecule has 21 heavy (non-hydrogen) atoms. The summed E-state index contributed by atoms with van der Waals surface area (Å²) in [5.41, 5.74) is 2.29. The fourth-order valence-electron chi connectivity index (χ4n) is 2.13. The van der Waals surface area contributed by atoms with Crippen molar-refractivity contribution in [3.8, 4) is 5.69 Å². The summed E-state index contributed by atoms with van der Waals surface area (Å²) in [6, 6.07) is 10.1. The molecule has 0 spiro atoms. The number of nitrogens with zero attached hydrogens (tertiary/aromatic N) is 2. The molecule has 0 saturated carbocycles. The van der Waals surface area contributed by atoms with E-state index >= 15 is 0 Å². The maximum absolute atomic E-state index is 11.7. The molecule has 0 unspecified atom stereocenters. The number of benzene rings is 1. The van der Waals surface area contributed by atoms with Crippen LogP contribution < -0.4 is 5.32 Å². The molecule has 1 amide bonds. The van der Waals surface area contributed by atoms with Crippen molar-refractivity contribution in [2.24, 2.45) is 5.41 Å². The van der Waals surface area contributed by atoms with Crippen molar-refractivity contribution in [3.05, 3.63) is 48.3 Å². The fourth-order valence-corrected chi connectivity index (χ4v) is 2.13. The van der Waals surface area contributed by atoms with E-state index in [1.807, 2.05) is 29.1 Å². The van der Waals surface area contributed by atoms with Gasteiger partial charge in [0.1, 0.15) is 0 Å². The molecule has 2 rings (SSSR count). The molecule has 1 aromatic carbocycles. The second kappa shape index (κ2) is 6.57. The lowest BCUT2D eigenvalue weighted by Crippen LogP contribution is -2.29. The van der Waals surface area contributed by atoms with Gasteiger partial charge in [-0.25, -0.2) is 4.68 Å². The summed E-state index contributed by atoms with van der Waals surface area (Å²) < 4.78 is 1.83. The summed E-state index contributed by atoms with van der Waals surface area (Å²) in [5, 5.41) is 7.17. The second-order valence-electron chi connectivity index (χ2n) is 6.45. The van der Waals surface area contributed by atoms with E-state index in [0.29, 0.717) is 13.0 Å². The number of carbonyl (C=O) groups is 1. The highest BCUT2D eigenvalue weighted by Crippen LogP contribution is 2.17. The minimum absolute atomic E-state index is 0.0372. The molecule has 0 atom stereocenters. The molecular weight excluding hydrogens is 262 g/mol. The minimum atomic E-state index is 0.0372. The van der Waals surface area contributed by atoms with Crippen molar-refractivity contribution in [2.75, 3.05) is 6.54 Å². The molecule has 0 aliphatic rings. The Bertz CT molecular complexity index is 565. The van der Waals surface area contributed by atoms with Crippen LogP contribution in [0.5, 0.6) is 0 Å². The summed E-state index contributed by atoms with van der Waals surface area (Å²) in [5.74, 6) is 0.121. The van der Waals surface area contributed by atoms with Gasteiger partial charge >= 0.3 is 0 Å². The molecule has 2 aromatic rings. The van der Waals surface area contributed by atoms with Gasteiger partial charge in [0.25, 0.3) is 0 Å². The van der Waals surface area contributed by atoms with Crippen molar-refractivity contribution < 1.29 is 4.79 Å². The summed E-state index contributed by atoms with van der Waals surface area (Å²) in [6.45, 7) is 6.89. The van der Waals surface area contributed by atoms with Crippen LogP contribution in [0.3, 0.4) is 0 Å². The zero-order chi connectivity index (χ0) is 15.3. The summed E-state index contributed by atoms with van der Waals surface area (Å²) in [4.78, 5) is 11.7. The molecule has 1 aromatic heterocycles. The van der Waals surface area contributed by atoms with Gasteiger partial charge in [-0.15, -0.1) is 0 Å². The highest BCUT2D eigenvalue weighted by atomic mass is 16.1. The molecule has 1 N–H and O–H groups in total. The Hall–Kier alpha value is -2.10. The van der Waals surface area contributed by atoms with Crippen LogP contribution in [0, 0.1) is 5.41 Å². The monoisotopic (exact) mass is 285 g/mol. The average molecular weight is 285 g/mol. The van der Waals surface area contributed by atoms with Gasteiger partial charge in [-0.2, -0.15) is 5.10 Å². The van der Waals surface area contributed by atoms with Crippen LogP contribution in [0.4, 0.5) is 0 Å². The summed E-state index contributed by atoms with van der Waals surface area (Å²) in [7, 11) is 0. The third-order valence-electron chi connectivity index (χ3n) is 3.13. The van der Waals surface area contributed by atoms with E-state index in [1.54, 1.807) is 6.20 Å². The molecule has 112 valence electrons.